The predicted molar refractivity (Wildman–Crippen MR) is 89.2 cm³/mol. The molecule has 0 aliphatic heterocycles. The zero-order valence-corrected chi connectivity index (χ0v) is 13.0. The summed E-state index contributed by atoms with van der Waals surface area (Å²) in [6.45, 7) is -0.581. The highest BCUT2D eigenvalue weighted by molar-refractivity contribution is 5.98. The molecule has 1 amide bonds. The number of fused-ring (bicyclic) bond motifs is 1. The van der Waals surface area contributed by atoms with Gasteiger partial charge >= 0.3 is 5.97 Å². The summed E-state index contributed by atoms with van der Waals surface area (Å²) in [5, 5.41) is 4.06. The van der Waals surface area contributed by atoms with Gasteiger partial charge in [-0.3, -0.25) is 4.79 Å². The topological polar surface area (TPSA) is 55.4 Å². The van der Waals surface area contributed by atoms with Crippen molar-refractivity contribution in [1.82, 2.24) is 0 Å². The van der Waals surface area contributed by atoms with Crippen LogP contribution in [0.4, 0.5) is 14.5 Å². The molecule has 0 aliphatic rings. The van der Waals surface area contributed by atoms with Gasteiger partial charge in [0.05, 0.1) is 11.3 Å². The third-order valence-electron chi connectivity index (χ3n) is 3.52. The standard InChI is InChI=1S/C19H13F2NO3/c20-15-7-8-17(16(21)10-15)22-18(23)11-25-19(24)14-6-5-12-3-1-2-4-13(12)9-14/h1-10H,11H2,(H,22,23). The van der Waals surface area contributed by atoms with E-state index in [0.29, 0.717) is 11.6 Å². The van der Waals surface area contributed by atoms with E-state index in [1.807, 2.05) is 24.3 Å². The number of carbonyl (C=O) groups is 2. The number of nitrogens with one attached hydrogen (secondary N) is 1. The van der Waals surface area contributed by atoms with Gasteiger partial charge in [-0.15, -0.1) is 0 Å². The van der Waals surface area contributed by atoms with Crippen molar-refractivity contribution in [3.05, 3.63) is 77.9 Å². The van der Waals surface area contributed by atoms with Crippen LogP contribution in [0.2, 0.25) is 0 Å². The average molecular weight is 341 g/mol. The number of benzene rings is 3. The van der Waals surface area contributed by atoms with Gasteiger partial charge in [-0.2, -0.15) is 0 Å². The molecule has 6 heteroatoms. The molecule has 1 N–H and O–H groups in total. The maximum Gasteiger partial charge on any atom is 0.338 e. The maximum absolute atomic E-state index is 13.5. The fourth-order valence-electron chi connectivity index (χ4n) is 2.31. The summed E-state index contributed by atoms with van der Waals surface area (Å²) in [6.07, 6.45) is 0. The first-order valence-electron chi connectivity index (χ1n) is 7.44. The summed E-state index contributed by atoms with van der Waals surface area (Å²) >= 11 is 0. The zero-order chi connectivity index (χ0) is 17.8. The number of rotatable bonds is 4. The Morgan fingerprint density at radius 1 is 0.920 bits per heavy atom. The van der Waals surface area contributed by atoms with Crippen LogP contribution >= 0.6 is 0 Å². The molecule has 0 radical (unpaired) electrons. The number of hydrogen-bond donors (Lipinski definition) is 1. The van der Waals surface area contributed by atoms with Gasteiger partial charge in [-0.1, -0.05) is 30.3 Å². The van der Waals surface area contributed by atoms with Crippen molar-refractivity contribution in [1.29, 1.82) is 0 Å². The summed E-state index contributed by atoms with van der Waals surface area (Å²) in [7, 11) is 0. The van der Waals surface area contributed by atoms with E-state index in [2.05, 4.69) is 5.32 Å². The molecule has 0 bridgehead atoms. The number of anilines is 1. The minimum absolute atomic E-state index is 0.187. The molecule has 0 heterocycles. The molecule has 0 aliphatic carbocycles. The third kappa shape index (κ3) is 3.98. The Kier molecular flexibility index (Phi) is 4.70. The van der Waals surface area contributed by atoms with Crippen LogP contribution in [0, 0.1) is 11.6 Å². The highest BCUT2D eigenvalue weighted by atomic mass is 19.1. The van der Waals surface area contributed by atoms with Crippen molar-refractivity contribution >= 4 is 28.3 Å². The molecule has 3 aromatic carbocycles. The van der Waals surface area contributed by atoms with Gasteiger partial charge < -0.3 is 10.1 Å². The molecule has 0 spiro atoms. The van der Waals surface area contributed by atoms with Crippen LogP contribution < -0.4 is 5.32 Å². The second kappa shape index (κ2) is 7.09. The van der Waals surface area contributed by atoms with E-state index in [0.717, 1.165) is 22.9 Å². The number of hydrogen-bond acceptors (Lipinski definition) is 3. The Balaban J connectivity index is 1.61. The highest BCUT2D eigenvalue weighted by Gasteiger charge is 2.12. The van der Waals surface area contributed by atoms with E-state index in [1.165, 1.54) is 0 Å². The second-order valence-corrected chi connectivity index (χ2v) is 5.31. The molecule has 0 saturated heterocycles. The van der Waals surface area contributed by atoms with Gasteiger partial charge in [-0.05, 0) is 35.0 Å². The minimum Gasteiger partial charge on any atom is -0.452 e. The quantitative estimate of drug-likeness (QED) is 0.732. The van der Waals surface area contributed by atoms with Crippen LogP contribution in [0.5, 0.6) is 0 Å². The van der Waals surface area contributed by atoms with Crippen LogP contribution in [0.15, 0.2) is 60.7 Å². The molecule has 3 rings (SSSR count). The molecule has 4 nitrogen and oxygen atoms in total. The van der Waals surface area contributed by atoms with Crippen molar-refractivity contribution in [2.75, 3.05) is 11.9 Å². The molecule has 25 heavy (non-hydrogen) atoms. The van der Waals surface area contributed by atoms with Crippen LogP contribution in [0.25, 0.3) is 10.8 Å². The van der Waals surface area contributed by atoms with Gasteiger partial charge in [0.2, 0.25) is 0 Å². The lowest BCUT2D eigenvalue weighted by molar-refractivity contribution is -0.119. The van der Waals surface area contributed by atoms with Gasteiger partial charge in [0.25, 0.3) is 5.91 Å². The molecule has 0 saturated carbocycles. The van der Waals surface area contributed by atoms with Crippen LogP contribution in [-0.2, 0) is 9.53 Å². The zero-order valence-electron chi connectivity index (χ0n) is 13.0. The fourth-order valence-corrected chi connectivity index (χ4v) is 2.31. The number of halogens is 2. The molecule has 126 valence electrons. The molecule has 0 fully saturated rings. The molecule has 0 aromatic heterocycles. The Morgan fingerprint density at radius 3 is 2.44 bits per heavy atom. The van der Waals surface area contributed by atoms with Gasteiger partial charge in [0.15, 0.2) is 6.61 Å². The average Bonchev–Trinajstić information content (AvgIpc) is 2.61. The monoisotopic (exact) mass is 341 g/mol. The first-order chi connectivity index (χ1) is 12.0. The number of amides is 1. The van der Waals surface area contributed by atoms with E-state index in [1.54, 1.807) is 18.2 Å². The van der Waals surface area contributed by atoms with E-state index >= 15 is 0 Å². The molecule has 0 atom stereocenters. The van der Waals surface area contributed by atoms with Crippen LogP contribution in [-0.4, -0.2) is 18.5 Å². The summed E-state index contributed by atoms with van der Waals surface area (Å²) < 4.78 is 31.2. The van der Waals surface area contributed by atoms with Gasteiger partial charge in [0, 0.05) is 6.07 Å². The lowest BCUT2D eigenvalue weighted by Gasteiger charge is -2.08. The minimum atomic E-state index is -0.908. The van der Waals surface area contributed by atoms with E-state index in [-0.39, 0.29) is 5.69 Å². The molecule has 0 unspecified atom stereocenters. The highest BCUT2D eigenvalue weighted by Crippen LogP contribution is 2.17. The van der Waals surface area contributed by atoms with Crippen molar-refractivity contribution in [2.24, 2.45) is 0 Å². The lowest BCUT2D eigenvalue weighted by Crippen LogP contribution is -2.21. The smallest absolute Gasteiger partial charge is 0.338 e. The SMILES string of the molecule is O=C(COC(=O)c1ccc2ccccc2c1)Nc1ccc(F)cc1F. The van der Waals surface area contributed by atoms with Gasteiger partial charge in [-0.25, -0.2) is 13.6 Å². The fraction of sp³-hybridized carbons (Fsp3) is 0.0526. The summed E-state index contributed by atoms with van der Waals surface area (Å²) in [6, 6.07) is 15.3. The molecule has 3 aromatic rings. The Bertz CT molecular complexity index is 956. The predicted octanol–water partition coefficient (Wildman–Crippen LogP) is 3.91. The third-order valence-corrected chi connectivity index (χ3v) is 3.52. The number of esters is 1. The summed E-state index contributed by atoms with van der Waals surface area (Å²) in [5.41, 5.74) is 0.118. The maximum atomic E-state index is 13.5. The van der Waals surface area contributed by atoms with E-state index in [4.69, 9.17) is 4.74 Å². The van der Waals surface area contributed by atoms with Crippen molar-refractivity contribution in [3.63, 3.8) is 0 Å². The van der Waals surface area contributed by atoms with Crippen molar-refractivity contribution in [2.45, 2.75) is 0 Å². The largest absolute Gasteiger partial charge is 0.452 e. The lowest BCUT2D eigenvalue weighted by atomic mass is 10.1. The molecular formula is C19H13F2NO3. The second-order valence-electron chi connectivity index (χ2n) is 5.31. The Morgan fingerprint density at radius 2 is 1.68 bits per heavy atom. The van der Waals surface area contributed by atoms with E-state index < -0.39 is 30.1 Å². The van der Waals surface area contributed by atoms with Gasteiger partial charge in [0.1, 0.15) is 11.6 Å². The van der Waals surface area contributed by atoms with Crippen LogP contribution in [0.1, 0.15) is 10.4 Å². The van der Waals surface area contributed by atoms with Crippen molar-refractivity contribution in [3.8, 4) is 0 Å². The first-order valence-corrected chi connectivity index (χ1v) is 7.44. The summed E-state index contributed by atoms with van der Waals surface area (Å²) in [5.74, 6) is -3.05. The Hall–Kier alpha value is -3.28. The number of carbonyl (C=O) groups excluding carboxylic acids is 2. The molecular weight excluding hydrogens is 328 g/mol. The normalized spacial score (nSPS) is 10.5. The number of ether oxygens (including phenoxy) is 1. The van der Waals surface area contributed by atoms with Crippen LogP contribution in [0.3, 0.4) is 0 Å². The summed E-state index contributed by atoms with van der Waals surface area (Å²) in [4.78, 5) is 23.8. The van der Waals surface area contributed by atoms with E-state index in [9.17, 15) is 18.4 Å². The van der Waals surface area contributed by atoms with Crippen molar-refractivity contribution < 1.29 is 23.1 Å². The first kappa shape index (κ1) is 16.6. The Labute approximate surface area is 142 Å².